The van der Waals surface area contributed by atoms with E-state index in [0.717, 1.165) is 0 Å². The van der Waals surface area contributed by atoms with Gasteiger partial charge < -0.3 is 20.1 Å². The number of hydrogen-bond acceptors (Lipinski definition) is 5. The molecule has 0 bridgehead atoms. The molecular formula is C26H25F2N5O5. The Morgan fingerprint density at radius 1 is 1.16 bits per heavy atom. The van der Waals surface area contributed by atoms with Crippen molar-refractivity contribution >= 4 is 17.8 Å². The monoisotopic (exact) mass is 525 g/mol. The summed E-state index contributed by atoms with van der Waals surface area (Å²) in [5.74, 6) is -5.44. The van der Waals surface area contributed by atoms with Crippen molar-refractivity contribution < 1.29 is 33.0 Å². The number of benzene rings is 2. The molecule has 0 spiro atoms. The van der Waals surface area contributed by atoms with Gasteiger partial charge in [-0.1, -0.05) is 35.4 Å². The van der Waals surface area contributed by atoms with Crippen molar-refractivity contribution in [3.05, 3.63) is 69.6 Å². The van der Waals surface area contributed by atoms with Crippen LogP contribution in [0.5, 0.6) is 0 Å². The Kier molecular flexibility index (Phi) is 6.54. The number of carbonyl (C=O) groups excluding carboxylic acids is 2. The molecular weight excluding hydrogens is 500 g/mol. The zero-order valence-electron chi connectivity index (χ0n) is 20.3. The van der Waals surface area contributed by atoms with Crippen LogP contribution in [0.2, 0.25) is 0 Å². The summed E-state index contributed by atoms with van der Waals surface area (Å²) in [6.45, 7) is 0.516. The third-order valence-corrected chi connectivity index (χ3v) is 7.57. The Labute approximate surface area is 216 Å². The second kappa shape index (κ2) is 9.70. The van der Waals surface area contributed by atoms with E-state index in [9.17, 15) is 28.3 Å². The molecule has 3 atom stereocenters. The normalized spacial score (nSPS) is 23.6. The summed E-state index contributed by atoms with van der Waals surface area (Å²) in [6.07, 6.45) is 1.39. The number of likely N-dealkylation sites (tertiary alicyclic amines) is 1. The van der Waals surface area contributed by atoms with E-state index in [4.69, 9.17) is 10.3 Å². The summed E-state index contributed by atoms with van der Waals surface area (Å²) in [5.41, 5.74) is 8.30. The zero-order valence-corrected chi connectivity index (χ0v) is 20.3. The summed E-state index contributed by atoms with van der Waals surface area (Å²) in [5, 5.41) is 15.6. The van der Waals surface area contributed by atoms with Gasteiger partial charge in [-0.3, -0.25) is 9.59 Å². The van der Waals surface area contributed by atoms with Crippen LogP contribution >= 0.6 is 0 Å². The van der Waals surface area contributed by atoms with Gasteiger partial charge in [0.15, 0.2) is 0 Å². The van der Waals surface area contributed by atoms with Crippen LogP contribution in [0.4, 0.5) is 8.78 Å². The molecule has 38 heavy (non-hydrogen) atoms. The van der Waals surface area contributed by atoms with E-state index in [2.05, 4.69) is 15.3 Å². The molecule has 2 fully saturated rings. The predicted octanol–water partition coefficient (Wildman–Crippen LogP) is 3.70. The fraction of sp³-hybridized carbons (Fsp3) is 0.423. The first-order chi connectivity index (χ1) is 18.2. The van der Waals surface area contributed by atoms with Crippen LogP contribution in [-0.4, -0.2) is 66.2 Å². The number of ether oxygens (including phenoxy) is 1. The number of fused-ring (bicyclic) bond motifs is 4. The summed E-state index contributed by atoms with van der Waals surface area (Å²) in [6, 6.07) is 8.69. The fourth-order valence-corrected chi connectivity index (χ4v) is 5.63. The first-order valence-corrected chi connectivity index (χ1v) is 12.2. The number of hydrogen-bond donors (Lipinski definition) is 2. The number of carbonyl (C=O) groups is 3. The lowest BCUT2D eigenvalue weighted by Gasteiger charge is -2.24. The minimum absolute atomic E-state index is 0.121. The highest BCUT2D eigenvalue weighted by molar-refractivity contribution is 5.99. The quantitative estimate of drug-likeness (QED) is 0.210. The Balaban J connectivity index is 1.22. The summed E-state index contributed by atoms with van der Waals surface area (Å²) < 4.78 is 35.2. The van der Waals surface area contributed by atoms with E-state index in [1.807, 2.05) is 0 Å². The average Bonchev–Trinajstić information content (AvgIpc) is 3.43. The van der Waals surface area contributed by atoms with Crippen molar-refractivity contribution in [3.8, 4) is 11.1 Å². The number of alkyl halides is 2. The number of amides is 2. The van der Waals surface area contributed by atoms with Gasteiger partial charge in [0.25, 0.3) is 11.8 Å². The molecule has 12 heteroatoms. The van der Waals surface area contributed by atoms with Gasteiger partial charge in [-0.15, -0.1) is 0 Å². The average molecular weight is 526 g/mol. The van der Waals surface area contributed by atoms with Gasteiger partial charge in [-0.2, -0.15) is 8.78 Å². The molecule has 3 aliphatic rings. The molecule has 10 nitrogen and oxygen atoms in total. The maximum atomic E-state index is 14.8. The zero-order chi connectivity index (χ0) is 27.1. The van der Waals surface area contributed by atoms with E-state index in [1.54, 1.807) is 12.1 Å². The van der Waals surface area contributed by atoms with Gasteiger partial charge in [-0.05, 0) is 48.1 Å². The number of carboxylic acid groups (broad SMARTS) is 1. The summed E-state index contributed by atoms with van der Waals surface area (Å²) >= 11 is 0. The molecule has 2 aromatic rings. The second-order valence-electron chi connectivity index (χ2n) is 9.87. The van der Waals surface area contributed by atoms with Crippen molar-refractivity contribution in [2.24, 2.45) is 10.5 Å². The largest absolute Gasteiger partial charge is 0.480 e. The first kappa shape index (κ1) is 25.6. The summed E-state index contributed by atoms with van der Waals surface area (Å²) in [4.78, 5) is 41.7. The van der Waals surface area contributed by atoms with Crippen LogP contribution in [0.25, 0.3) is 21.6 Å². The van der Waals surface area contributed by atoms with E-state index in [-0.39, 0.29) is 41.3 Å². The molecule has 2 aliphatic carbocycles. The number of aliphatic carboxylic acids is 1. The number of halogens is 2. The molecule has 0 aromatic heterocycles. The van der Waals surface area contributed by atoms with Gasteiger partial charge in [0.1, 0.15) is 6.04 Å². The minimum Gasteiger partial charge on any atom is -0.480 e. The highest BCUT2D eigenvalue weighted by atomic mass is 19.3. The number of nitrogens with one attached hydrogen (secondary N) is 1. The molecule has 2 aromatic carbocycles. The Morgan fingerprint density at radius 3 is 2.68 bits per heavy atom. The number of rotatable bonds is 10. The second-order valence-corrected chi connectivity index (χ2v) is 9.87. The Morgan fingerprint density at radius 2 is 1.92 bits per heavy atom. The van der Waals surface area contributed by atoms with Crippen LogP contribution in [0.1, 0.15) is 40.7 Å². The van der Waals surface area contributed by atoms with E-state index in [0.29, 0.717) is 31.6 Å². The van der Waals surface area contributed by atoms with Crippen molar-refractivity contribution in [1.82, 2.24) is 10.2 Å². The molecule has 198 valence electrons. The number of azide groups is 1. The topological polar surface area (TPSA) is 145 Å². The molecule has 1 saturated carbocycles. The third kappa shape index (κ3) is 4.35. The van der Waals surface area contributed by atoms with Crippen molar-refractivity contribution in [3.63, 3.8) is 0 Å². The number of carboxylic acids is 1. The molecule has 0 radical (unpaired) electrons. The fourth-order valence-electron chi connectivity index (χ4n) is 5.63. The summed E-state index contributed by atoms with van der Waals surface area (Å²) in [7, 11) is 0. The first-order valence-electron chi connectivity index (χ1n) is 12.2. The lowest BCUT2D eigenvalue weighted by atomic mass is 10.0. The molecule has 2 N–H and O–H groups in total. The number of piperidine rings is 1. The predicted molar refractivity (Wildman–Crippen MR) is 130 cm³/mol. The van der Waals surface area contributed by atoms with Gasteiger partial charge in [0.2, 0.25) is 5.91 Å². The minimum atomic E-state index is -3.16. The molecule has 5 rings (SSSR count). The van der Waals surface area contributed by atoms with Gasteiger partial charge in [-0.25, -0.2) is 4.79 Å². The van der Waals surface area contributed by atoms with E-state index in [1.165, 1.54) is 35.2 Å². The lowest BCUT2D eigenvalue weighted by molar-refractivity contribution is -0.149. The maximum absolute atomic E-state index is 14.8. The smallest absolute Gasteiger partial charge is 0.326 e. The Bertz CT molecular complexity index is 1360. The lowest BCUT2D eigenvalue weighted by Crippen LogP contribution is -2.47. The van der Waals surface area contributed by atoms with Crippen LogP contribution in [0.15, 0.2) is 47.6 Å². The highest BCUT2D eigenvalue weighted by Crippen LogP contribution is 2.59. The van der Waals surface area contributed by atoms with Crippen LogP contribution < -0.4 is 5.32 Å². The maximum Gasteiger partial charge on any atom is 0.326 e. The molecule has 2 amide bonds. The number of nitrogens with zero attached hydrogens (tertiary/aromatic N) is 4. The molecule has 1 aliphatic heterocycles. The van der Waals surface area contributed by atoms with Crippen molar-refractivity contribution in [2.75, 3.05) is 26.3 Å². The molecule has 1 heterocycles. The van der Waals surface area contributed by atoms with E-state index >= 15 is 0 Å². The van der Waals surface area contributed by atoms with E-state index < -0.39 is 41.7 Å². The third-order valence-electron chi connectivity index (χ3n) is 7.57. The van der Waals surface area contributed by atoms with Gasteiger partial charge in [0.05, 0.1) is 13.2 Å². The Hall–Kier alpha value is -4.02. The van der Waals surface area contributed by atoms with Gasteiger partial charge >= 0.3 is 5.97 Å². The molecule has 0 unspecified atom stereocenters. The SMILES string of the molecule is [N-]=[N+]=NCCCOC[C@@]12C[C@@H]1N(C(=O)CNC(=O)c1ccc3c(c1)-c1ccccc1C3(F)F)[C@H](C(=O)O)C2. The van der Waals surface area contributed by atoms with Crippen molar-refractivity contribution in [2.45, 2.75) is 37.3 Å². The van der Waals surface area contributed by atoms with Crippen LogP contribution in [-0.2, 0) is 20.2 Å². The van der Waals surface area contributed by atoms with Crippen molar-refractivity contribution in [1.29, 1.82) is 0 Å². The standard InChI is InChI=1S/C26H25F2N5O5/c27-26(28)18-5-2-1-4-16(18)17-10-15(6-7-19(17)26)23(35)30-13-22(34)33-20(24(36)37)11-25(12-21(25)33)14-38-9-3-8-31-32-29/h1-2,4-7,10,20-21H,3,8-9,11-14H2,(H,30,35)(H,36,37)/t20-,21-,25+/m0/s1. The highest BCUT2D eigenvalue weighted by Gasteiger charge is 2.67. The van der Waals surface area contributed by atoms with Gasteiger partial charge in [0, 0.05) is 46.2 Å². The molecule has 1 saturated heterocycles. The van der Waals surface area contributed by atoms with Crippen LogP contribution in [0, 0.1) is 5.41 Å². The van der Waals surface area contributed by atoms with Crippen LogP contribution in [0.3, 0.4) is 0 Å².